The van der Waals surface area contributed by atoms with E-state index in [1.54, 1.807) is 17.9 Å². The van der Waals surface area contributed by atoms with Gasteiger partial charge < -0.3 is 10.2 Å². The Morgan fingerprint density at radius 2 is 1.79 bits per heavy atom. The van der Waals surface area contributed by atoms with Gasteiger partial charge in [-0.2, -0.15) is 0 Å². The number of fused-ring (bicyclic) bond motifs is 1. The Bertz CT molecular complexity index is 873. The lowest BCUT2D eigenvalue weighted by Gasteiger charge is -2.32. The van der Waals surface area contributed by atoms with Crippen molar-refractivity contribution in [3.63, 3.8) is 0 Å². The summed E-state index contributed by atoms with van der Waals surface area (Å²) in [6.07, 6.45) is 2.63. The molecule has 0 radical (unpaired) electrons. The highest BCUT2D eigenvalue weighted by Gasteiger charge is 2.29. The zero-order valence-corrected chi connectivity index (χ0v) is 17.5. The Labute approximate surface area is 171 Å². The predicted octanol–water partition coefficient (Wildman–Crippen LogP) is 4.74. The van der Waals surface area contributed by atoms with Gasteiger partial charge in [-0.25, -0.2) is 0 Å². The quantitative estimate of drug-likeness (QED) is 0.764. The van der Waals surface area contributed by atoms with Crippen LogP contribution in [0.5, 0.6) is 0 Å². The molecule has 1 aliphatic heterocycles. The molecule has 2 aromatic carbocycles. The zero-order chi connectivity index (χ0) is 20.3. The first-order chi connectivity index (χ1) is 13.4. The van der Waals surface area contributed by atoms with Gasteiger partial charge in [0.25, 0.3) is 5.91 Å². The molecule has 2 aromatic rings. The zero-order valence-electron chi connectivity index (χ0n) is 16.7. The third kappa shape index (κ3) is 3.93. The molecule has 1 heterocycles. The van der Waals surface area contributed by atoms with E-state index in [2.05, 4.69) is 19.2 Å². The van der Waals surface area contributed by atoms with E-state index in [1.165, 1.54) is 5.56 Å². The Morgan fingerprint density at radius 1 is 1.11 bits per heavy atom. The van der Waals surface area contributed by atoms with Crippen molar-refractivity contribution in [3.05, 3.63) is 64.2 Å². The summed E-state index contributed by atoms with van der Waals surface area (Å²) in [5.74, 6) is -0.0427. The molecule has 0 fully saturated rings. The lowest BCUT2D eigenvalue weighted by atomic mass is 9.75. The summed E-state index contributed by atoms with van der Waals surface area (Å²) in [5, 5.41) is 3.84. The fourth-order valence-electron chi connectivity index (χ4n) is 4.04. The van der Waals surface area contributed by atoms with Crippen LogP contribution in [0.4, 0.5) is 5.69 Å². The molecule has 3 rings (SSSR count). The molecule has 0 bridgehead atoms. The van der Waals surface area contributed by atoms with E-state index in [4.69, 9.17) is 11.6 Å². The number of amides is 2. The van der Waals surface area contributed by atoms with Gasteiger partial charge in [0.05, 0.1) is 0 Å². The minimum absolute atomic E-state index is 0.0367. The van der Waals surface area contributed by atoms with Gasteiger partial charge in [-0.1, -0.05) is 37.6 Å². The van der Waals surface area contributed by atoms with Crippen molar-refractivity contribution >= 4 is 29.1 Å². The number of carbonyl (C=O) groups is 2. The van der Waals surface area contributed by atoms with Crippen molar-refractivity contribution in [1.82, 2.24) is 5.32 Å². The van der Waals surface area contributed by atoms with E-state index in [9.17, 15) is 9.59 Å². The molecule has 148 valence electrons. The van der Waals surface area contributed by atoms with Crippen LogP contribution < -0.4 is 10.2 Å². The number of anilines is 1. The smallest absolute Gasteiger partial charge is 0.251 e. The molecule has 4 nitrogen and oxygen atoms in total. The number of rotatable bonds is 6. The molecule has 1 N–H and O–H groups in total. The highest BCUT2D eigenvalue weighted by atomic mass is 35.5. The van der Waals surface area contributed by atoms with Gasteiger partial charge in [0.1, 0.15) is 0 Å². The molecular weight excluding hydrogens is 372 g/mol. The molecule has 0 atom stereocenters. The summed E-state index contributed by atoms with van der Waals surface area (Å²) in [6, 6.07) is 13.5. The molecule has 0 spiro atoms. The molecule has 0 unspecified atom stereocenters. The number of carbonyl (C=O) groups excluding carboxylic acids is 2. The highest BCUT2D eigenvalue weighted by Crippen LogP contribution is 2.32. The monoisotopic (exact) mass is 398 g/mol. The number of halogens is 1. The van der Waals surface area contributed by atoms with Crippen LogP contribution in [0.1, 0.15) is 55.1 Å². The van der Waals surface area contributed by atoms with Crippen LogP contribution in [0.25, 0.3) is 0 Å². The van der Waals surface area contributed by atoms with Crippen LogP contribution in [-0.2, 0) is 16.6 Å². The Morgan fingerprint density at radius 3 is 2.39 bits per heavy atom. The van der Waals surface area contributed by atoms with E-state index in [0.717, 1.165) is 30.5 Å². The molecule has 0 saturated carbocycles. The first kappa shape index (κ1) is 20.4. The van der Waals surface area contributed by atoms with Crippen LogP contribution in [-0.4, -0.2) is 24.9 Å². The largest absolute Gasteiger partial charge is 0.351 e. The summed E-state index contributed by atoms with van der Waals surface area (Å²) in [4.78, 5) is 26.3. The van der Waals surface area contributed by atoms with E-state index < -0.39 is 0 Å². The van der Waals surface area contributed by atoms with Gasteiger partial charge in [0.15, 0.2) is 0 Å². The minimum atomic E-state index is -0.123. The third-order valence-electron chi connectivity index (χ3n) is 6.01. The normalized spacial score (nSPS) is 13.4. The molecular formula is C23H27ClN2O2. The minimum Gasteiger partial charge on any atom is -0.351 e. The van der Waals surface area contributed by atoms with Gasteiger partial charge >= 0.3 is 0 Å². The number of benzene rings is 2. The summed E-state index contributed by atoms with van der Waals surface area (Å²) >= 11 is 6.04. The van der Waals surface area contributed by atoms with Crippen LogP contribution in [0.3, 0.4) is 0 Å². The predicted molar refractivity (Wildman–Crippen MR) is 114 cm³/mol. The van der Waals surface area contributed by atoms with Crippen molar-refractivity contribution in [3.8, 4) is 0 Å². The van der Waals surface area contributed by atoms with Gasteiger partial charge in [0.2, 0.25) is 5.91 Å². The van der Waals surface area contributed by atoms with Crippen molar-refractivity contribution in [2.24, 2.45) is 0 Å². The summed E-state index contributed by atoms with van der Waals surface area (Å²) in [5.41, 5.74) is 3.68. The van der Waals surface area contributed by atoms with Gasteiger partial charge in [-0.15, -0.1) is 0 Å². The summed E-state index contributed by atoms with van der Waals surface area (Å²) in [7, 11) is 0. The average Bonchev–Trinajstić information content (AvgIpc) is 3.13. The first-order valence-corrected chi connectivity index (χ1v) is 10.2. The molecule has 1 aliphatic rings. The standard InChI is InChI=1S/C23H27ClN2O2/c1-4-23(5-2,19-7-9-20(24)10-8-19)15-25-22(28)18-6-11-21-17(14-18)12-13-26(21)16(3)27/h6-11,14H,4-5,12-13,15H2,1-3H3,(H,25,28). The first-order valence-electron chi connectivity index (χ1n) is 9.85. The molecule has 2 amide bonds. The van der Waals surface area contributed by atoms with Crippen LogP contribution in [0.2, 0.25) is 5.02 Å². The molecule has 5 heteroatoms. The molecule has 0 aliphatic carbocycles. The number of nitrogens with zero attached hydrogens (tertiary/aromatic N) is 1. The topological polar surface area (TPSA) is 49.4 Å². The summed E-state index contributed by atoms with van der Waals surface area (Å²) < 4.78 is 0. The van der Waals surface area contributed by atoms with Crippen molar-refractivity contribution in [1.29, 1.82) is 0 Å². The molecule has 0 saturated heterocycles. The van der Waals surface area contributed by atoms with E-state index in [-0.39, 0.29) is 17.2 Å². The second-order valence-corrected chi connectivity index (χ2v) is 7.88. The van der Waals surface area contributed by atoms with Crippen molar-refractivity contribution in [2.75, 3.05) is 18.0 Å². The highest BCUT2D eigenvalue weighted by molar-refractivity contribution is 6.30. The average molecular weight is 399 g/mol. The maximum Gasteiger partial charge on any atom is 0.251 e. The van der Waals surface area contributed by atoms with E-state index in [1.807, 2.05) is 36.4 Å². The second kappa shape index (κ2) is 8.36. The SMILES string of the molecule is CCC(CC)(CNC(=O)c1ccc2c(c1)CCN2C(C)=O)c1ccc(Cl)cc1. The fraction of sp³-hybridized carbons (Fsp3) is 0.391. The van der Waals surface area contributed by atoms with E-state index >= 15 is 0 Å². The maximum absolute atomic E-state index is 12.8. The maximum atomic E-state index is 12.8. The van der Waals surface area contributed by atoms with Gasteiger partial charge in [-0.3, -0.25) is 9.59 Å². The number of hydrogen-bond donors (Lipinski definition) is 1. The van der Waals surface area contributed by atoms with Gasteiger partial charge in [-0.05, 0) is 60.7 Å². The Kier molecular flexibility index (Phi) is 6.09. The van der Waals surface area contributed by atoms with Crippen LogP contribution >= 0.6 is 11.6 Å². The lowest BCUT2D eigenvalue weighted by Crippen LogP contribution is -2.40. The van der Waals surface area contributed by atoms with Crippen molar-refractivity contribution < 1.29 is 9.59 Å². The number of hydrogen-bond acceptors (Lipinski definition) is 2. The molecule has 28 heavy (non-hydrogen) atoms. The van der Waals surface area contributed by atoms with Crippen LogP contribution in [0.15, 0.2) is 42.5 Å². The van der Waals surface area contributed by atoms with E-state index in [0.29, 0.717) is 23.7 Å². The fourth-order valence-corrected chi connectivity index (χ4v) is 4.16. The second-order valence-electron chi connectivity index (χ2n) is 7.44. The Hall–Kier alpha value is -2.33. The lowest BCUT2D eigenvalue weighted by molar-refractivity contribution is -0.116. The molecule has 0 aromatic heterocycles. The Balaban J connectivity index is 1.75. The third-order valence-corrected chi connectivity index (χ3v) is 6.27. The van der Waals surface area contributed by atoms with Gasteiger partial charge in [0, 0.05) is 41.7 Å². The van der Waals surface area contributed by atoms with Crippen molar-refractivity contribution in [2.45, 2.75) is 45.4 Å². The van der Waals surface area contributed by atoms with Crippen LogP contribution in [0, 0.1) is 0 Å². The summed E-state index contributed by atoms with van der Waals surface area (Å²) in [6.45, 7) is 7.12. The number of nitrogens with one attached hydrogen (secondary N) is 1.